The number of aromatic nitrogens is 3. The predicted molar refractivity (Wildman–Crippen MR) is 125 cm³/mol. The fourth-order valence-electron chi connectivity index (χ4n) is 4.43. The van der Waals surface area contributed by atoms with Crippen molar-refractivity contribution in [1.82, 2.24) is 14.5 Å². The lowest BCUT2D eigenvalue weighted by Crippen LogP contribution is -2.31. The molecule has 0 unspecified atom stereocenters. The zero-order valence-corrected chi connectivity index (χ0v) is 19.3. The Morgan fingerprint density at radius 3 is 2.62 bits per heavy atom. The van der Waals surface area contributed by atoms with Crippen LogP contribution >= 0.6 is 0 Å². The minimum atomic E-state index is -0.110. The average molecular weight is 435 g/mol. The molecule has 0 radical (unpaired) electrons. The Labute approximate surface area is 188 Å². The number of ether oxygens (including phenoxy) is 2. The molecule has 0 fully saturated rings. The molecule has 0 saturated heterocycles. The van der Waals surface area contributed by atoms with Crippen LogP contribution < -0.4 is 15.6 Å². The smallest absolute Gasteiger partial charge is 0.277 e. The van der Waals surface area contributed by atoms with Crippen molar-refractivity contribution in [2.45, 2.75) is 45.8 Å². The Morgan fingerprint density at radius 2 is 1.94 bits per heavy atom. The van der Waals surface area contributed by atoms with E-state index in [4.69, 9.17) is 14.5 Å². The maximum atomic E-state index is 13.5. The molecule has 1 N–H and O–H groups in total. The number of fused-ring (bicyclic) bond motifs is 1. The van der Waals surface area contributed by atoms with E-state index < -0.39 is 0 Å². The van der Waals surface area contributed by atoms with Crippen LogP contribution in [0.25, 0.3) is 11.4 Å². The van der Waals surface area contributed by atoms with Crippen LogP contribution in [0, 0.1) is 6.92 Å². The van der Waals surface area contributed by atoms with Gasteiger partial charge in [0.1, 0.15) is 11.5 Å². The van der Waals surface area contributed by atoms with Crippen LogP contribution in [-0.2, 0) is 24.6 Å². The van der Waals surface area contributed by atoms with Crippen LogP contribution in [0.5, 0.6) is 5.88 Å². The second-order valence-electron chi connectivity index (χ2n) is 7.98. The molecule has 0 aliphatic heterocycles. The molecule has 1 aromatic carbocycles. The number of pyridine rings is 1. The number of nitrogens with one attached hydrogen (secondary N) is 1. The number of anilines is 1. The van der Waals surface area contributed by atoms with E-state index in [1.807, 2.05) is 39.0 Å². The third-order valence-corrected chi connectivity index (χ3v) is 6.07. The lowest BCUT2D eigenvalue weighted by Gasteiger charge is -2.24. The summed E-state index contributed by atoms with van der Waals surface area (Å²) in [6.07, 6.45) is 1.42. The summed E-state index contributed by atoms with van der Waals surface area (Å²) in [6, 6.07) is 11.9. The third-order valence-electron chi connectivity index (χ3n) is 6.07. The summed E-state index contributed by atoms with van der Waals surface area (Å²) in [7, 11) is 3.34. The van der Waals surface area contributed by atoms with E-state index in [9.17, 15) is 4.79 Å². The van der Waals surface area contributed by atoms with Crippen molar-refractivity contribution in [2.75, 3.05) is 19.0 Å². The van der Waals surface area contributed by atoms with Crippen molar-refractivity contribution in [3.63, 3.8) is 0 Å². The van der Waals surface area contributed by atoms with Gasteiger partial charge >= 0.3 is 0 Å². The molecule has 168 valence electrons. The van der Waals surface area contributed by atoms with E-state index in [-0.39, 0.29) is 17.7 Å². The van der Waals surface area contributed by atoms with Gasteiger partial charge in [0.25, 0.3) is 5.56 Å². The highest BCUT2D eigenvalue weighted by atomic mass is 16.5. The number of benzene rings is 1. The number of hydrogen-bond acceptors (Lipinski definition) is 6. The molecule has 7 heteroatoms. The van der Waals surface area contributed by atoms with Gasteiger partial charge in [0.2, 0.25) is 5.88 Å². The Bertz CT molecular complexity index is 1190. The van der Waals surface area contributed by atoms with Gasteiger partial charge in [-0.25, -0.2) is 9.97 Å². The van der Waals surface area contributed by atoms with Crippen LogP contribution in [0.15, 0.2) is 41.2 Å². The van der Waals surface area contributed by atoms with Crippen LogP contribution in [0.4, 0.5) is 5.69 Å². The first kappa shape index (κ1) is 22.0. The molecule has 0 spiro atoms. The van der Waals surface area contributed by atoms with Gasteiger partial charge in [-0.15, -0.1) is 0 Å². The molecule has 3 aromatic rings. The first-order valence-corrected chi connectivity index (χ1v) is 11.1. The van der Waals surface area contributed by atoms with E-state index >= 15 is 0 Å². The van der Waals surface area contributed by atoms with Gasteiger partial charge in [-0.1, -0.05) is 31.2 Å². The van der Waals surface area contributed by atoms with Gasteiger partial charge in [0.05, 0.1) is 30.6 Å². The quantitative estimate of drug-likeness (QED) is 0.609. The van der Waals surface area contributed by atoms with E-state index in [1.54, 1.807) is 24.8 Å². The molecule has 0 bridgehead atoms. The van der Waals surface area contributed by atoms with Crippen molar-refractivity contribution in [1.29, 1.82) is 0 Å². The van der Waals surface area contributed by atoms with Crippen molar-refractivity contribution < 1.29 is 9.47 Å². The van der Waals surface area contributed by atoms with E-state index in [1.165, 1.54) is 11.1 Å². The molecule has 1 aliphatic rings. The summed E-state index contributed by atoms with van der Waals surface area (Å²) in [5, 5.41) is 3.52. The average Bonchev–Trinajstić information content (AvgIpc) is 3.14. The van der Waals surface area contributed by atoms with Crippen LogP contribution in [0.3, 0.4) is 0 Å². The van der Waals surface area contributed by atoms with Crippen molar-refractivity contribution >= 4 is 5.69 Å². The van der Waals surface area contributed by atoms with Gasteiger partial charge in [-0.3, -0.25) is 9.36 Å². The lowest BCUT2D eigenvalue weighted by molar-refractivity contribution is 0.0574. The summed E-state index contributed by atoms with van der Waals surface area (Å²) >= 11 is 0. The zero-order chi connectivity index (χ0) is 22.8. The highest BCUT2D eigenvalue weighted by molar-refractivity contribution is 5.62. The summed E-state index contributed by atoms with van der Waals surface area (Å²) < 4.78 is 12.8. The summed E-state index contributed by atoms with van der Waals surface area (Å²) in [5.74, 6) is 1.13. The SMILES string of the molecule is CCO[C@H]1Cc2ccccc2[C@H]1Nc1c(CC)nc(-c2ccc(OC)nc2C)n(C)c1=O. The summed E-state index contributed by atoms with van der Waals surface area (Å²) in [6.45, 7) is 6.52. The van der Waals surface area contributed by atoms with E-state index in [0.717, 1.165) is 23.4 Å². The van der Waals surface area contributed by atoms with Crippen molar-refractivity contribution in [3.05, 3.63) is 69.3 Å². The molecule has 7 nitrogen and oxygen atoms in total. The number of aryl methyl sites for hydroxylation is 2. The molecule has 0 amide bonds. The predicted octanol–water partition coefficient (Wildman–Crippen LogP) is 3.84. The maximum absolute atomic E-state index is 13.5. The molecule has 4 rings (SSSR count). The minimum Gasteiger partial charge on any atom is -0.481 e. The topological polar surface area (TPSA) is 78.3 Å². The first-order valence-electron chi connectivity index (χ1n) is 11.1. The van der Waals surface area contributed by atoms with Gasteiger partial charge in [-0.2, -0.15) is 0 Å². The van der Waals surface area contributed by atoms with Gasteiger partial charge < -0.3 is 14.8 Å². The number of methoxy groups -OCH3 is 1. The van der Waals surface area contributed by atoms with Gasteiger partial charge in [0.15, 0.2) is 0 Å². The molecule has 2 aromatic heterocycles. The van der Waals surface area contributed by atoms with Crippen LogP contribution in [0.2, 0.25) is 0 Å². The first-order chi connectivity index (χ1) is 15.5. The van der Waals surface area contributed by atoms with E-state index in [2.05, 4.69) is 22.4 Å². The minimum absolute atomic E-state index is 0.0282. The van der Waals surface area contributed by atoms with E-state index in [0.29, 0.717) is 30.4 Å². The summed E-state index contributed by atoms with van der Waals surface area (Å²) in [4.78, 5) is 22.8. The van der Waals surface area contributed by atoms with Gasteiger partial charge in [-0.05, 0) is 37.5 Å². The Morgan fingerprint density at radius 1 is 1.16 bits per heavy atom. The van der Waals surface area contributed by atoms with Crippen LogP contribution in [0.1, 0.15) is 42.4 Å². The van der Waals surface area contributed by atoms with Gasteiger partial charge in [0, 0.05) is 31.7 Å². The number of rotatable bonds is 7. The Kier molecular flexibility index (Phi) is 6.28. The largest absolute Gasteiger partial charge is 0.481 e. The standard InChI is InChI=1S/C25H30N4O3/c1-6-19-23(28-22-18-11-9-8-10-16(18)14-20(22)32-7-2)25(30)29(4)24(27-19)17-12-13-21(31-5)26-15(17)3/h8-13,20,22,28H,6-7,14H2,1-5H3/t20-,22+/m0/s1. The zero-order valence-electron chi connectivity index (χ0n) is 19.3. The number of hydrogen-bond donors (Lipinski definition) is 1. The fourth-order valence-corrected chi connectivity index (χ4v) is 4.43. The second-order valence-corrected chi connectivity index (χ2v) is 7.98. The molecular formula is C25H30N4O3. The lowest BCUT2D eigenvalue weighted by atomic mass is 10.1. The molecular weight excluding hydrogens is 404 g/mol. The Balaban J connectivity index is 1.78. The summed E-state index contributed by atoms with van der Waals surface area (Å²) in [5.41, 5.74) is 5.15. The Hall–Kier alpha value is -3.19. The fraction of sp³-hybridized carbons (Fsp3) is 0.400. The highest BCUT2D eigenvalue weighted by Crippen LogP contribution is 2.36. The monoisotopic (exact) mass is 434 g/mol. The molecule has 32 heavy (non-hydrogen) atoms. The van der Waals surface area contributed by atoms with Crippen LogP contribution in [-0.4, -0.2) is 34.4 Å². The third kappa shape index (κ3) is 3.88. The molecule has 2 atom stereocenters. The van der Waals surface area contributed by atoms with Crippen molar-refractivity contribution in [2.24, 2.45) is 7.05 Å². The number of nitrogens with zero attached hydrogens (tertiary/aromatic N) is 3. The van der Waals surface area contributed by atoms with Crippen molar-refractivity contribution in [3.8, 4) is 17.3 Å². The second kappa shape index (κ2) is 9.12. The highest BCUT2D eigenvalue weighted by Gasteiger charge is 2.34. The maximum Gasteiger partial charge on any atom is 0.277 e. The molecule has 0 saturated carbocycles. The normalized spacial score (nSPS) is 17.3. The molecule has 2 heterocycles. The molecule has 1 aliphatic carbocycles.